The Balaban J connectivity index is 1.80. The van der Waals surface area contributed by atoms with Crippen molar-refractivity contribution in [1.82, 2.24) is 15.2 Å². The highest BCUT2D eigenvalue weighted by molar-refractivity contribution is 7.18. The fourth-order valence-electron chi connectivity index (χ4n) is 3.12. The van der Waals surface area contributed by atoms with Gasteiger partial charge in [-0.15, -0.1) is 10.2 Å². The number of rotatable bonds is 6. The van der Waals surface area contributed by atoms with Crippen LogP contribution in [0.25, 0.3) is 10.6 Å². The first-order valence-electron chi connectivity index (χ1n) is 8.85. The second-order valence-electron chi connectivity index (χ2n) is 6.30. The standard InChI is InChI=1S/C18H24N4OS/c1-2-3-13-22(17(23)15-7-5-4-6-8-15)18-21-20-16(24-18)14-9-11-19-12-10-14/h9-12,15H,2-8,13H2,1H3. The Hall–Kier alpha value is -1.82. The molecule has 1 aliphatic carbocycles. The molecule has 24 heavy (non-hydrogen) atoms. The second kappa shape index (κ2) is 8.33. The maximum Gasteiger partial charge on any atom is 0.231 e. The van der Waals surface area contributed by atoms with E-state index in [1.807, 2.05) is 17.0 Å². The smallest absolute Gasteiger partial charge is 0.231 e. The summed E-state index contributed by atoms with van der Waals surface area (Å²) in [6.07, 6.45) is 11.1. The largest absolute Gasteiger partial charge is 0.286 e. The lowest BCUT2D eigenvalue weighted by Crippen LogP contribution is -2.37. The zero-order valence-corrected chi connectivity index (χ0v) is 15.0. The molecule has 0 atom stereocenters. The van der Waals surface area contributed by atoms with Gasteiger partial charge in [-0.3, -0.25) is 14.7 Å². The Kier molecular flexibility index (Phi) is 5.91. The first kappa shape index (κ1) is 17.0. The van der Waals surface area contributed by atoms with Crippen molar-refractivity contribution in [3.05, 3.63) is 24.5 Å². The Morgan fingerprint density at radius 1 is 1.21 bits per heavy atom. The molecule has 0 unspecified atom stereocenters. The fourth-order valence-corrected chi connectivity index (χ4v) is 4.00. The molecule has 0 aliphatic heterocycles. The number of carbonyl (C=O) groups is 1. The summed E-state index contributed by atoms with van der Waals surface area (Å²) in [6.45, 7) is 2.88. The van der Waals surface area contributed by atoms with E-state index in [0.717, 1.165) is 60.8 Å². The number of aromatic nitrogens is 3. The van der Waals surface area contributed by atoms with Crippen LogP contribution in [0.3, 0.4) is 0 Å². The van der Waals surface area contributed by atoms with Crippen molar-refractivity contribution in [3.63, 3.8) is 0 Å². The number of hydrogen-bond acceptors (Lipinski definition) is 5. The molecule has 6 heteroatoms. The van der Waals surface area contributed by atoms with Crippen LogP contribution in [0, 0.1) is 5.92 Å². The molecule has 0 radical (unpaired) electrons. The van der Waals surface area contributed by atoms with Gasteiger partial charge < -0.3 is 0 Å². The summed E-state index contributed by atoms with van der Waals surface area (Å²) in [5.74, 6) is 0.393. The van der Waals surface area contributed by atoms with Gasteiger partial charge in [0.1, 0.15) is 5.01 Å². The van der Waals surface area contributed by atoms with Crippen molar-refractivity contribution in [1.29, 1.82) is 0 Å². The van der Waals surface area contributed by atoms with Gasteiger partial charge in [-0.05, 0) is 31.4 Å². The molecule has 128 valence electrons. The molecule has 3 rings (SSSR count). The monoisotopic (exact) mass is 344 g/mol. The number of pyridine rings is 1. The van der Waals surface area contributed by atoms with Gasteiger partial charge >= 0.3 is 0 Å². The van der Waals surface area contributed by atoms with Gasteiger partial charge in [0.25, 0.3) is 0 Å². The predicted molar refractivity (Wildman–Crippen MR) is 97.0 cm³/mol. The molecule has 2 aromatic rings. The van der Waals surface area contributed by atoms with Crippen molar-refractivity contribution in [2.75, 3.05) is 11.4 Å². The van der Waals surface area contributed by atoms with E-state index in [0.29, 0.717) is 0 Å². The van der Waals surface area contributed by atoms with Crippen molar-refractivity contribution in [3.8, 4) is 10.6 Å². The molecule has 1 fully saturated rings. The minimum Gasteiger partial charge on any atom is -0.286 e. The number of anilines is 1. The summed E-state index contributed by atoms with van der Waals surface area (Å²) in [7, 11) is 0. The fraction of sp³-hybridized carbons (Fsp3) is 0.556. The molecule has 0 aromatic carbocycles. The average Bonchev–Trinajstić information content (AvgIpc) is 3.13. The Morgan fingerprint density at radius 3 is 2.67 bits per heavy atom. The van der Waals surface area contributed by atoms with Crippen LogP contribution in [-0.2, 0) is 4.79 Å². The predicted octanol–water partition coefficient (Wildman–Crippen LogP) is 4.31. The molecule has 1 amide bonds. The van der Waals surface area contributed by atoms with E-state index in [4.69, 9.17) is 0 Å². The van der Waals surface area contributed by atoms with Crippen LogP contribution in [0.5, 0.6) is 0 Å². The maximum absolute atomic E-state index is 13.0. The van der Waals surface area contributed by atoms with Crippen LogP contribution in [0.4, 0.5) is 5.13 Å². The van der Waals surface area contributed by atoms with Crippen LogP contribution >= 0.6 is 11.3 Å². The van der Waals surface area contributed by atoms with Crippen LogP contribution in [-0.4, -0.2) is 27.6 Å². The molecular formula is C18H24N4OS. The molecule has 1 saturated carbocycles. The van der Waals surface area contributed by atoms with Crippen molar-refractivity contribution in [2.24, 2.45) is 5.92 Å². The number of carbonyl (C=O) groups excluding carboxylic acids is 1. The molecule has 2 aromatic heterocycles. The van der Waals surface area contributed by atoms with Gasteiger partial charge in [-0.25, -0.2) is 0 Å². The summed E-state index contributed by atoms with van der Waals surface area (Å²) in [5, 5.41) is 10.2. The Bertz CT molecular complexity index is 652. The minimum absolute atomic E-state index is 0.156. The van der Waals surface area contributed by atoms with Crippen LogP contribution in [0.15, 0.2) is 24.5 Å². The van der Waals surface area contributed by atoms with E-state index in [-0.39, 0.29) is 11.8 Å². The Morgan fingerprint density at radius 2 is 1.96 bits per heavy atom. The quantitative estimate of drug-likeness (QED) is 0.783. The van der Waals surface area contributed by atoms with Gasteiger partial charge in [0, 0.05) is 30.4 Å². The van der Waals surface area contributed by atoms with Gasteiger partial charge in [-0.1, -0.05) is 43.9 Å². The number of nitrogens with zero attached hydrogens (tertiary/aromatic N) is 4. The average molecular weight is 344 g/mol. The summed E-state index contributed by atoms with van der Waals surface area (Å²) in [5.41, 5.74) is 0.995. The highest BCUT2D eigenvalue weighted by Crippen LogP contribution is 2.32. The normalized spacial score (nSPS) is 15.4. The van der Waals surface area contributed by atoms with Crippen molar-refractivity contribution in [2.45, 2.75) is 51.9 Å². The van der Waals surface area contributed by atoms with E-state index in [9.17, 15) is 4.79 Å². The molecular weight excluding hydrogens is 320 g/mol. The minimum atomic E-state index is 0.156. The topological polar surface area (TPSA) is 59.0 Å². The first-order valence-corrected chi connectivity index (χ1v) is 9.66. The number of unbranched alkanes of at least 4 members (excludes halogenated alkanes) is 1. The lowest BCUT2D eigenvalue weighted by Gasteiger charge is -2.27. The molecule has 0 spiro atoms. The highest BCUT2D eigenvalue weighted by atomic mass is 32.1. The summed E-state index contributed by atoms with van der Waals surface area (Å²) in [4.78, 5) is 18.9. The number of hydrogen-bond donors (Lipinski definition) is 0. The molecule has 0 saturated heterocycles. The van der Waals surface area contributed by atoms with Crippen molar-refractivity contribution >= 4 is 22.4 Å². The molecule has 2 heterocycles. The van der Waals surface area contributed by atoms with Gasteiger partial charge in [0.05, 0.1) is 0 Å². The number of amides is 1. The summed E-state index contributed by atoms with van der Waals surface area (Å²) >= 11 is 1.49. The van der Waals surface area contributed by atoms with Gasteiger partial charge in [-0.2, -0.15) is 0 Å². The highest BCUT2D eigenvalue weighted by Gasteiger charge is 2.28. The third-order valence-electron chi connectivity index (χ3n) is 4.53. The maximum atomic E-state index is 13.0. The van der Waals surface area contributed by atoms with Gasteiger partial charge in [0.2, 0.25) is 11.0 Å². The van der Waals surface area contributed by atoms with Crippen LogP contribution < -0.4 is 4.90 Å². The van der Waals surface area contributed by atoms with Gasteiger partial charge in [0.15, 0.2) is 0 Å². The second-order valence-corrected chi connectivity index (χ2v) is 7.26. The summed E-state index contributed by atoms with van der Waals surface area (Å²) in [6, 6.07) is 3.84. The molecule has 1 aliphatic rings. The van der Waals surface area contributed by atoms with Crippen LogP contribution in [0.1, 0.15) is 51.9 Å². The van der Waals surface area contributed by atoms with Crippen molar-refractivity contribution < 1.29 is 4.79 Å². The summed E-state index contributed by atoms with van der Waals surface area (Å²) < 4.78 is 0. The first-order chi connectivity index (χ1) is 11.8. The zero-order valence-electron chi connectivity index (χ0n) is 14.1. The Labute approximate surface area is 147 Å². The molecule has 5 nitrogen and oxygen atoms in total. The van der Waals surface area contributed by atoms with E-state index in [2.05, 4.69) is 22.1 Å². The van der Waals surface area contributed by atoms with E-state index < -0.39 is 0 Å². The SMILES string of the molecule is CCCCN(C(=O)C1CCCCC1)c1nnc(-c2ccncc2)s1. The third-order valence-corrected chi connectivity index (χ3v) is 5.52. The molecule has 0 N–H and O–H groups in total. The van der Waals surface area contributed by atoms with Crippen LogP contribution in [0.2, 0.25) is 0 Å². The van der Waals surface area contributed by atoms with E-state index in [1.54, 1.807) is 12.4 Å². The lowest BCUT2D eigenvalue weighted by molar-refractivity contribution is -0.123. The van der Waals surface area contributed by atoms with E-state index >= 15 is 0 Å². The molecule has 0 bridgehead atoms. The zero-order chi connectivity index (χ0) is 16.8. The van der Waals surface area contributed by atoms with E-state index in [1.165, 1.54) is 17.8 Å². The lowest BCUT2D eigenvalue weighted by atomic mass is 9.88. The third kappa shape index (κ3) is 3.98.